The molecule has 2 aliphatic rings. The molecule has 0 radical (unpaired) electrons. The molecule has 7 nitrogen and oxygen atoms in total. The molecule has 3 heterocycles. The number of rotatable bonds is 3. The van der Waals surface area contributed by atoms with E-state index in [2.05, 4.69) is 30.9 Å². The van der Waals surface area contributed by atoms with E-state index in [1.54, 1.807) is 12.4 Å². The Morgan fingerprint density at radius 2 is 1.89 bits per heavy atom. The second kappa shape index (κ2) is 5.52. The van der Waals surface area contributed by atoms with Gasteiger partial charge in [-0.1, -0.05) is 12.1 Å². The van der Waals surface area contributed by atoms with Crippen LogP contribution in [0.15, 0.2) is 36.7 Å². The van der Waals surface area contributed by atoms with Crippen LogP contribution in [0.2, 0.25) is 0 Å². The van der Waals surface area contributed by atoms with E-state index in [1.807, 2.05) is 44.0 Å². The van der Waals surface area contributed by atoms with E-state index in [0.29, 0.717) is 6.04 Å². The molecule has 138 valence electrons. The van der Waals surface area contributed by atoms with Crippen LogP contribution in [0.3, 0.4) is 0 Å². The summed E-state index contributed by atoms with van der Waals surface area (Å²) in [5.74, 6) is 1.68. The highest BCUT2D eigenvalue weighted by atomic mass is 16.2. The first-order chi connectivity index (χ1) is 13.0. The Morgan fingerprint density at radius 1 is 1.15 bits per heavy atom. The SMILES string of the molecule is Cn1c(N[C@H]2C[C@H](N3C(=O)C(C)(C)c4nccnc43)C2)nc2ccccc21. The average molecular weight is 362 g/mol. The van der Waals surface area contributed by atoms with E-state index in [9.17, 15) is 4.79 Å². The third-order valence-corrected chi connectivity index (χ3v) is 5.85. The molecule has 0 atom stereocenters. The van der Waals surface area contributed by atoms with Crippen molar-refractivity contribution in [1.29, 1.82) is 0 Å². The number of imidazole rings is 1. The fourth-order valence-electron chi connectivity index (χ4n) is 4.16. The number of carbonyl (C=O) groups excluding carboxylic acids is 1. The van der Waals surface area contributed by atoms with Crippen LogP contribution in [-0.2, 0) is 17.3 Å². The van der Waals surface area contributed by atoms with Gasteiger partial charge < -0.3 is 9.88 Å². The largest absolute Gasteiger partial charge is 0.353 e. The first-order valence-corrected chi connectivity index (χ1v) is 9.30. The zero-order chi connectivity index (χ0) is 18.8. The first-order valence-electron chi connectivity index (χ1n) is 9.30. The van der Waals surface area contributed by atoms with Crippen LogP contribution in [0.5, 0.6) is 0 Å². The Morgan fingerprint density at radius 3 is 2.67 bits per heavy atom. The summed E-state index contributed by atoms with van der Waals surface area (Å²) in [4.78, 5) is 28.4. The number of hydrogen-bond acceptors (Lipinski definition) is 5. The van der Waals surface area contributed by atoms with Gasteiger partial charge in [0.1, 0.15) is 0 Å². The van der Waals surface area contributed by atoms with Crippen molar-refractivity contribution in [2.24, 2.45) is 7.05 Å². The van der Waals surface area contributed by atoms with Crippen LogP contribution < -0.4 is 10.2 Å². The van der Waals surface area contributed by atoms with E-state index >= 15 is 0 Å². The molecule has 0 spiro atoms. The number of para-hydroxylation sites is 2. The van der Waals surface area contributed by atoms with Crippen molar-refractivity contribution in [1.82, 2.24) is 19.5 Å². The monoisotopic (exact) mass is 362 g/mol. The van der Waals surface area contributed by atoms with E-state index in [-0.39, 0.29) is 11.9 Å². The summed E-state index contributed by atoms with van der Waals surface area (Å²) in [6, 6.07) is 8.55. The number of aromatic nitrogens is 4. The summed E-state index contributed by atoms with van der Waals surface area (Å²) < 4.78 is 2.08. The molecule has 0 unspecified atom stereocenters. The van der Waals surface area contributed by atoms with E-state index < -0.39 is 5.41 Å². The number of benzene rings is 1. The van der Waals surface area contributed by atoms with Crippen LogP contribution in [0, 0.1) is 0 Å². The van der Waals surface area contributed by atoms with Crippen LogP contribution in [0.4, 0.5) is 11.8 Å². The van der Waals surface area contributed by atoms with Gasteiger partial charge in [-0.05, 0) is 38.8 Å². The Balaban J connectivity index is 1.34. The normalized spacial score (nSPS) is 23.4. The smallest absolute Gasteiger partial charge is 0.240 e. The zero-order valence-electron chi connectivity index (χ0n) is 15.7. The number of carbonyl (C=O) groups is 1. The second-order valence-corrected chi connectivity index (χ2v) is 7.98. The van der Waals surface area contributed by atoms with E-state index in [0.717, 1.165) is 41.3 Å². The zero-order valence-corrected chi connectivity index (χ0v) is 15.7. The van der Waals surface area contributed by atoms with Crippen LogP contribution in [0.25, 0.3) is 11.0 Å². The first kappa shape index (κ1) is 16.2. The number of nitrogens with one attached hydrogen (secondary N) is 1. The summed E-state index contributed by atoms with van der Waals surface area (Å²) in [5, 5.41) is 3.53. The highest BCUT2D eigenvalue weighted by Gasteiger charge is 2.51. The van der Waals surface area contributed by atoms with Crippen LogP contribution in [0.1, 0.15) is 32.4 Å². The number of anilines is 2. The molecule has 1 aliphatic heterocycles. The van der Waals surface area contributed by atoms with E-state index in [4.69, 9.17) is 0 Å². The molecule has 7 heteroatoms. The number of hydrogen-bond donors (Lipinski definition) is 1. The minimum Gasteiger partial charge on any atom is -0.353 e. The molecular formula is C20H22N6O. The number of fused-ring (bicyclic) bond motifs is 2. The highest BCUT2D eigenvalue weighted by molar-refractivity contribution is 6.06. The molecule has 1 aromatic carbocycles. The molecular weight excluding hydrogens is 340 g/mol. The summed E-state index contributed by atoms with van der Waals surface area (Å²) in [7, 11) is 2.02. The highest BCUT2D eigenvalue weighted by Crippen LogP contribution is 2.43. The van der Waals surface area contributed by atoms with Crippen molar-refractivity contribution in [3.8, 4) is 0 Å². The number of amides is 1. The predicted molar refractivity (Wildman–Crippen MR) is 104 cm³/mol. The van der Waals surface area contributed by atoms with Gasteiger partial charge in [0.05, 0.1) is 22.1 Å². The molecule has 2 aromatic heterocycles. The maximum Gasteiger partial charge on any atom is 0.240 e. The Labute approximate surface area is 157 Å². The standard InChI is InChI=1S/C20H22N6O/c1-20(2)16-17(22-9-8-21-16)26(18(20)27)13-10-12(11-13)23-19-24-14-6-4-5-7-15(14)25(19)3/h4-9,12-13H,10-11H2,1-3H3,(H,23,24)/t12-,13-. The maximum absolute atomic E-state index is 13.0. The Bertz CT molecular complexity index is 1050. The fraction of sp³-hybridized carbons (Fsp3) is 0.400. The van der Waals surface area contributed by atoms with Gasteiger partial charge in [0.2, 0.25) is 11.9 Å². The maximum atomic E-state index is 13.0. The fourth-order valence-corrected chi connectivity index (χ4v) is 4.16. The molecule has 0 bridgehead atoms. The van der Waals surface area contributed by atoms with E-state index in [1.165, 1.54) is 0 Å². The molecule has 1 aliphatic carbocycles. The topological polar surface area (TPSA) is 75.9 Å². The molecule has 1 saturated carbocycles. The molecule has 5 rings (SSSR count). The second-order valence-electron chi connectivity index (χ2n) is 7.98. The van der Waals surface area contributed by atoms with Crippen molar-refractivity contribution in [3.05, 3.63) is 42.4 Å². The molecule has 1 amide bonds. The van der Waals surface area contributed by atoms with Gasteiger partial charge >= 0.3 is 0 Å². The molecule has 1 N–H and O–H groups in total. The summed E-state index contributed by atoms with van der Waals surface area (Å²) in [6.07, 6.45) is 5.07. The lowest BCUT2D eigenvalue weighted by atomic mass is 9.85. The predicted octanol–water partition coefficient (Wildman–Crippen LogP) is 2.63. The lowest BCUT2D eigenvalue weighted by Crippen LogP contribution is -2.53. The lowest BCUT2D eigenvalue weighted by molar-refractivity contribution is -0.123. The Hall–Kier alpha value is -2.96. The van der Waals surface area contributed by atoms with Gasteiger partial charge in [-0.2, -0.15) is 0 Å². The molecule has 1 fully saturated rings. The minimum atomic E-state index is -0.612. The summed E-state index contributed by atoms with van der Waals surface area (Å²) in [6.45, 7) is 3.85. The lowest BCUT2D eigenvalue weighted by Gasteiger charge is -2.41. The quantitative estimate of drug-likeness (QED) is 0.775. The average Bonchev–Trinajstić information content (AvgIpc) is 3.05. The van der Waals surface area contributed by atoms with Gasteiger partial charge in [0, 0.05) is 31.5 Å². The number of aryl methyl sites for hydroxylation is 1. The van der Waals surface area contributed by atoms with Crippen molar-refractivity contribution >= 4 is 28.7 Å². The van der Waals surface area contributed by atoms with Crippen LogP contribution in [-0.4, -0.2) is 37.5 Å². The minimum absolute atomic E-state index is 0.0925. The Kier molecular flexibility index (Phi) is 3.32. The summed E-state index contributed by atoms with van der Waals surface area (Å²) in [5.41, 5.74) is 2.26. The van der Waals surface area contributed by atoms with Crippen molar-refractivity contribution in [2.75, 3.05) is 10.2 Å². The third-order valence-electron chi connectivity index (χ3n) is 5.85. The van der Waals surface area contributed by atoms with Crippen molar-refractivity contribution in [3.63, 3.8) is 0 Å². The molecule has 27 heavy (non-hydrogen) atoms. The molecule has 3 aromatic rings. The van der Waals surface area contributed by atoms with Gasteiger partial charge in [-0.15, -0.1) is 0 Å². The number of nitrogens with zero attached hydrogens (tertiary/aromatic N) is 5. The van der Waals surface area contributed by atoms with Crippen molar-refractivity contribution < 1.29 is 4.79 Å². The van der Waals surface area contributed by atoms with Crippen molar-refractivity contribution in [2.45, 2.75) is 44.2 Å². The third kappa shape index (κ3) is 2.27. The van der Waals surface area contributed by atoms with Gasteiger partial charge in [-0.3, -0.25) is 14.7 Å². The van der Waals surface area contributed by atoms with Crippen LogP contribution >= 0.6 is 0 Å². The molecule has 0 saturated heterocycles. The van der Waals surface area contributed by atoms with Gasteiger partial charge in [0.25, 0.3) is 0 Å². The van der Waals surface area contributed by atoms with Gasteiger partial charge in [0.15, 0.2) is 5.82 Å². The van der Waals surface area contributed by atoms with Gasteiger partial charge in [-0.25, -0.2) is 9.97 Å². The summed E-state index contributed by atoms with van der Waals surface area (Å²) >= 11 is 0.